The van der Waals surface area contributed by atoms with E-state index < -0.39 is 26.5 Å². The molecule has 2 atom stereocenters. The first-order valence-electron chi connectivity index (χ1n) is 33.7. The third-order valence-corrected chi connectivity index (χ3v) is 15.7. The van der Waals surface area contributed by atoms with E-state index >= 15 is 0 Å². The lowest BCUT2D eigenvalue weighted by molar-refractivity contribution is -0.870. The second-order valence-electron chi connectivity index (χ2n) is 23.8. The summed E-state index contributed by atoms with van der Waals surface area (Å²) in [5.74, 6) is -0.938. The fraction of sp³-hybridized carbons (Fsp3) is 0.800. The van der Waals surface area contributed by atoms with Gasteiger partial charge in [0.05, 0.1) is 34.2 Å². The summed E-state index contributed by atoms with van der Waals surface area (Å²) in [4.78, 5) is 35.6. The highest BCUT2D eigenvalue weighted by Crippen LogP contribution is 2.43. The highest BCUT2D eigenvalue weighted by Gasteiger charge is 2.27. The Morgan fingerprint density at radius 1 is 0.412 bits per heavy atom. The molecule has 0 aromatic heterocycles. The highest BCUT2D eigenvalue weighted by atomic mass is 31.2. The average Bonchev–Trinajstić information content (AvgIpc) is 3.42. The van der Waals surface area contributed by atoms with Crippen molar-refractivity contribution in [3.05, 3.63) is 72.9 Å². The minimum atomic E-state index is -4.41. The Morgan fingerprint density at radius 2 is 0.750 bits per heavy atom. The predicted octanol–water partition coefficient (Wildman–Crippen LogP) is 21.6. The zero-order valence-corrected chi connectivity index (χ0v) is 54.0. The van der Waals surface area contributed by atoms with Crippen LogP contribution in [0.3, 0.4) is 0 Å². The number of unbranched alkanes of at least 4 members (excludes halogenated alkanes) is 37. The van der Waals surface area contributed by atoms with Gasteiger partial charge in [0.1, 0.15) is 19.8 Å². The van der Waals surface area contributed by atoms with E-state index in [-0.39, 0.29) is 32.0 Å². The fourth-order valence-corrected chi connectivity index (χ4v) is 10.4. The van der Waals surface area contributed by atoms with Crippen molar-refractivity contribution in [2.24, 2.45) is 0 Å². The second kappa shape index (κ2) is 61.0. The largest absolute Gasteiger partial charge is 0.472 e. The van der Waals surface area contributed by atoms with Crippen molar-refractivity contribution in [3.63, 3.8) is 0 Å². The Morgan fingerprint density at radius 3 is 1.11 bits per heavy atom. The topological polar surface area (TPSA) is 108 Å². The van der Waals surface area contributed by atoms with Gasteiger partial charge in [0.25, 0.3) is 0 Å². The van der Waals surface area contributed by atoms with E-state index in [9.17, 15) is 19.0 Å². The van der Waals surface area contributed by atoms with Crippen LogP contribution >= 0.6 is 7.82 Å². The molecule has 0 radical (unpaired) electrons. The Labute approximate surface area is 495 Å². The van der Waals surface area contributed by atoms with Crippen molar-refractivity contribution in [2.45, 2.75) is 315 Å². The molecule has 0 spiro atoms. The number of esters is 2. The van der Waals surface area contributed by atoms with Crippen LogP contribution in [-0.2, 0) is 32.7 Å². The fourth-order valence-electron chi connectivity index (χ4n) is 9.62. The molecule has 1 N–H and O–H groups in total. The van der Waals surface area contributed by atoms with Crippen molar-refractivity contribution < 1.29 is 42.1 Å². The zero-order valence-electron chi connectivity index (χ0n) is 53.1. The van der Waals surface area contributed by atoms with Gasteiger partial charge in [0, 0.05) is 6.42 Å². The van der Waals surface area contributed by atoms with Gasteiger partial charge in [-0.15, -0.1) is 0 Å². The molecule has 10 heteroatoms. The van der Waals surface area contributed by atoms with Crippen LogP contribution in [0.1, 0.15) is 309 Å². The van der Waals surface area contributed by atoms with Crippen LogP contribution in [0.25, 0.3) is 0 Å². The van der Waals surface area contributed by atoms with Crippen molar-refractivity contribution in [1.29, 1.82) is 0 Å². The summed E-state index contributed by atoms with van der Waals surface area (Å²) in [5.41, 5.74) is 0. The van der Waals surface area contributed by atoms with E-state index in [0.29, 0.717) is 17.4 Å². The van der Waals surface area contributed by atoms with Crippen LogP contribution in [0, 0.1) is 0 Å². The second-order valence-corrected chi connectivity index (χ2v) is 25.3. The van der Waals surface area contributed by atoms with Crippen LogP contribution < -0.4 is 0 Å². The van der Waals surface area contributed by atoms with E-state index in [4.69, 9.17) is 18.5 Å². The molecule has 80 heavy (non-hydrogen) atoms. The van der Waals surface area contributed by atoms with Gasteiger partial charge < -0.3 is 18.9 Å². The summed E-state index contributed by atoms with van der Waals surface area (Å²) in [7, 11) is 1.42. The van der Waals surface area contributed by atoms with E-state index in [1.807, 2.05) is 33.3 Å². The van der Waals surface area contributed by atoms with Gasteiger partial charge in [-0.1, -0.05) is 305 Å². The van der Waals surface area contributed by atoms with Gasteiger partial charge in [-0.3, -0.25) is 18.6 Å². The molecule has 0 aliphatic heterocycles. The van der Waals surface area contributed by atoms with Gasteiger partial charge in [0.2, 0.25) is 0 Å². The highest BCUT2D eigenvalue weighted by molar-refractivity contribution is 7.47. The van der Waals surface area contributed by atoms with Gasteiger partial charge >= 0.3 is 19.8 Å². The van der Waals surface area contributed by atoms with Crippen LogP contribution in [-0.4, -0.2) is 74.9 Å². The Bertz CT molecular complexity index is 1580. The molecule has 0 rings (SSSR count). The molecule has 0 aliphatic carbocycles. The molecule has 0 bridgehead atoms. The minimum Gasteiger partial charge on any atom is -0.462 e. The van der Waals surface area contributed by atoms with Gasteiger partial charge in [-0.25, -0.2) is 4.57 Å². The molecule has 0 heterocycles. The number of hydrogen-bond acceptors (Lipinski definition) is 7. The molecule has 0 saturated carbocycles. The summed E-state index contributed by atoms with van der Waals surface area (Å²) >= 11 is 0. The van der Waals surface area contributed by atoms with Crippen LogP contribution in [0.15, 0.2) is 72.9 Å². The first-order chi connectivity index (χ1) is 39.0. The molecule has 0 amide bonds. The van der Waals surface area contributed by atoms with Crippen LogP contribution in [0.2, 0.25) is 0 Å². The molecule has 2 unspecified atom stereocenters. The molecular formula is C70H129NO8P+. The Kier molecular flexibility index (Phi) is 59.1. The van der Waals surface area contributed by atoms with Crippen molar-refractivity contribution in [1.82, 2.24) is 0 Å². The lowest BCUT2D eigenvalue weighted by Gasteiger charge is -2.24. The lowest BCUT2D eigenvalue weighted by Crippen LogP contribution is -2.37. The zero-order chi connectivity index (χ0) is 58.4. The average molecular weight is 1140 g/mol. The maximum Gasteiger partial charge on any atom is 0.472 e. The first kappa shape index (κ1) is 77.5. The van der Waals surface area contributed by atoms with Crippen molar-refractivity contribution in [3.8, 4) is 0 Å². The van der Waals surface area contributed by atoms with E-state index in [2.05, 4.69) is 68.5 Å². The van der Waals surface area contributed by atoms with E-state index in [1.165, 1.54) is 231 Å². The number of quaternary nitrogens is 1. The Hall–Kier alpha value is -2.55. The molecule has 0 aliphatic rings. The summed E-state index contributed by atoms with van der Waals surface area (Å²) in [6, 6.07) is 0. The van der Waals surface area contributed by atoms with Gasteiger partial charge in [-0.2, -0.15) is 0 Å². The maximum absolute atomic E-state index is 12.7. The molecule has 466 valence electrons. The number of carbonyl (C=O) groups is 2. The molecule has 9 nitrogen and oxygen atoms in total. The third-order valence-electron chi connectivity index (χ3n) is 14.8. The number of likely N-dealkylation sites (N-methyl/N-ethyl adjacent to an activating group) is 1. The molecule has 0 aromatic carbocycles. The maximum atomic E-state index is 12.7. The van der Waals surface area contributed by atoms with Gasteiger partial charge in [-0.05, 0) is 64.2 Å². The number of phosphoric ester groups is 1. The summed E-state index contributed by atoms with van der Waals surface area (Å²) in [6.45, 7) is 4.23. The normalized spacial score (nSPS) is 13.6. The van der Waals surface area contributed by atoms with Crippen molar-refractivity contribution >= 4 is 19.8 Å². The third kappa shape index (κ3) is 64.6. The minimum absolute atomic E-state index is 0.00784. The molecule has 0 saturated heterocycles. The van der Waals surface area contributed by atoms with E-state index in [0.717, 1.165) is 44.9 Å². The molecular weight excluding hydrogens is 1010 g/mol. The molecule has 0 aromatic rings. The Balaban J connectivity index is 3.87. The van der Waals surface area contributed by atoms with Crippen LogP contribution in [0.5, 0.6) is 0 Å². The smallest absolute Gasteiger partial charge is 0.462 e. The first-order valence-corrected chi connectivity index (χ1v) is 35.2. The lowest BCUT2D eigenvalue weighted by atomic mass is 10.0. The number of ether oxygens (including phenoxy) is 2. The summed E-state index contributed by atoms with van der Waals surface area (Å²) in [6.07, 6.45) is 82.3. The number of hydrogen-bond donors (Lipinski definition) is 1. The number of carbonyl (C=O) groups excluding carboxylic acids is 2. The summed E-state index contributed by atoms with van der Waals surface area (Å²) in [5, 5.41) is 0. The SMILES string of the molecule is CC/C=C\C/C=C\C/C=C\C/C=C\C/C=C\CC(=O)OC(COC(=O)CCCCCCCCCCCCCCCCCCCCCCCCCCCCCCC/C=C\CCCCCCCCCC)COP(=O)(O)OCC[N+](C)(C)C. The number of allylic oxidation sites excluding steroid dienone is 11. The summed E-state index contributed by atoms with van der Waals surface area (Å²) < 4.78 is 34.4. The van der Waals surface area contributed by atoms with E-state index in [1.54, 1.807) is 6.08 Å². The molecule has 0 fully saturated rings. The van der Waals surface area contributed by atoms with Gasteiger partial charge in [0.15, 0.2) is 6.10 Å². The number of nitrogens with zero attached hydrogens (tertiary/aromatic N) is 1. The number of rotatable bonds is 62. The monoisotopic (exact) mass is 1140 g/mol. The van der Waals surface area contributed by atoms with Crippen molar-refractivity contribution in [2.75, 3.05) is 47.5 Å². The predicted molar refractivity (Wildman–Crippen MR) is 344 cm³/mol. The quantitative estimate of drug-likeness (QED) is 0.0211. The number of phosphoric acid groups is 1. The standard InChI is InChI=1S/C70H128NO8P/c1-6-8-10-12-14-16-18-20-22-23-24-25-26-27-28-29-30-31-32-33-34-35-36-37-38-39-40-41-42-43-44-45-46-47-49-50-52-54-56-58-60-62-69(72)76-66-68(67-78-80(74,75)77-65-64-71(3,4)5)79-70(73)63-61-59-57-55-53-51-48-21-19-17-15-13-11-9-7-2/h9,11,15,17,21,23-24,48,53,55,59,61,68H,6-8,10,12-14,16,18-20,22,25-47,49-52,54,56-58,60,62-67H2,1-5H3/p+1/b11-9-,17-15-,24-23-,48-21-,55-53-,61-59-. The van der Waals surface area contributed by atoms with Crippen LogP contribution in [0.4, 0.5) is 0 Å².